The van der Waals surface area contributed by atoms with Gasteiger partial charge in [0.25, 0.3) is 0 Å². The summed E-state index contributed by atoms with van der Waals surface area (Å²) in [4.78, 5) is 4.68. The number of nitrogens with zero attached hydrogens (tertiary/aromatic N) is 1. The van der Waals surface area contributed by atoms with E-state index in [1.54, 1.807) is 0 Å². The van der Waals surface area contributed by atoms with Crippen LogP contribution >= 0.6 is 0 Å². The number of aromatic nitrogens is 1. The molecule has 0 amide bonds. The van der Waals surface area contributed by atoms with E-state index in [4.69, 9.17) is 21.7 Å². The van der Waals surface area contributed by atoms with Crippen molar-refractivity contribution in [2.45, 2.75) is 30.8 Å². The largest absolute Gasteiger partial charge is 0.395 e. The van der Waals surface area contributed by atoms with E-state index in [1.165, 1.54) is 0 Å². The van der Waals surface area contributed by atoms with Crippen molar-refractivity contribution < 1.29 is 10.2 Å². The number of aliphatic hydroxyl groups is 2. The highest BCUT2D eigenvalue weighted by molar-refractivity contribution is 5.78. The SMILES string of the molecule is NC(CO)CC(CC(N)CO)c1ccc2ccccc2n1. The van der Waals surface area contributed by atoms with E-state index < -0.39 is 0 Å². The minimum absolute atomic E-state index is 0.0268. The van der Waals surface area contributed by atoms with Crippen molar-refractivity contribution in [2.24, 2.45) is 11.5 Å². The lowest BCUT2D eigenvalue weighted by Crippen LogP contribution is -2.32. The van der Waals surface area contributed by atoms with E-state index in [-0.39, 0.29) is 31.2 Å². The molecule has 0 aliphatic rings. The Hall–Kier alpha value is -1.53. The molecule has 1 heterocycles. The van der Waals surface area contributed by atoms with Gasteiger partial charge in [0.15, 0.2) is 0 Å². The quantitative estimate of drug-likeness (QED) is 0.601. The van der Waals surface area contributed by atoms with Crippen molar-refractivity contribution in [3.8, 4) is 0 Å². The Morgan fingerprint density at radius 2 is 1.52 bits per heavy atom. The summed E-state index contributed by atoms with van der Waals surface area (Å²) >= 11 is 0. The average molecular weight is 289 g/mol. The van der Waals surface area contributed by atoms with E-state index in [0.717, 1.165) is 16.6 Å². The molecule has 0 aliphatic heterocycles. The van der Waals surface area contributed by atoms with E-state index >= 15 is 0 Å². The normalized spacial score (nSPS) is 15.8. The molecule has 0 saturated carbocycles. The molecule has 5 heteroatoms. The van der Waals surface area contributed by atoms with Crippen LogP contribution in [-0.4, -0.2) is 40.5 Å². The lowest BCUT2D eigenvalue weighted by Gasteiger charge is -2.22. The maximum absolute atomic E-state index is 9.17. The van der Waals surface area contributed by atoms with Gasteiger partial charge >= 0.3 is 0 Å². The number of pyridine rings is 1. The second-order valence-electron chi connectivity index (χ2n) is 5.48. The molecule has 6 N–H and O–H groups in total. The monoisotopic (exact) mass is 289 g/mol. The van der Waals surface area contributed by atoms with Gasteiger partial charge in [-0.05, 0) is 25.0 Å². The van der Waals surface area contributed by atoms with Gasteiger partial charge in [0.05, 0.1) is 18.7 Å². The van der Waals surface area contributed by atoms with Crippen LogP contribution in [0.1, 0.15) is 24.5 Å². The molecule has 5 nitrogen and oxygen atoms in total. The second-order valence-corrected chi connectivity index (χ2v) is 5.48. The van der Waals surface area contributed by atoms with Crippen LogP contribution in [0.5, 0.6) is 0 Å². The Labute approximate surface area is 124 Å². The minimum atomic E-state index is -0.311. The standard InChI is InChI=1S/C16H23N3O2/c17-13(9-20)7-12(8-14(18)10-21)16-6-5-11-3-1-2-4-15(11)19-16/h1-6,12-14,20-21H,7-10,17-18H2. The molecule has 2 rings (SSSR count). The third-order valence-corrected chi connectivity index (χ3v) is 3.68. The number of rotatable bonds is 7. The van der Waals surface area contributed by atoms with E-state index in [9.17, 15) is 0 Å². The van der Waals surface area contributed by atoms with Gasteiger partial charge in [-0.1, -0.05) is 24.3 Å². The summed E-state index contributed by atoms with van der Waals surface area (Å²) in [7, 11) is 0. The Morgan fingerprint density at radius 1 is 0.905 bits per heavy atom. The average Bonchev–Trinajstić information content (AvgIpc) is 2.53. The molecule has 21 heavy (non-hydrogen) atoms. The maximum Gasteiger partial charge on any atom is 0.0705 e. The van der Waals surface area contributed by atoms with Gasteiger partial charge in [-0.25, -0.2) is 0 Å². The van der Waals surface area contributed by atoms with E-state index in [2.05, 4.69) is 4.98 Å². The molecule has 2 aromatic rings. The van der Waals surface area contributed by atoms with Crippen molar-refractivity contribution in [3.63, 3.8) is 0 Å². The zero-order chi connectivity index (χ0) is 15.2. The summed E-state index contributed by atoms with van der Waals surface area (Å²) in [5.41, 5.74) is 13.6. The molecular weight excluding hydrogens is 266 g/mol. The smallest absolute Gasteiger partial charge is 0.0705 e. The highest BCUT2D eigenvalue weighted by atomic mass is 16.3. The first kappa shape index (κ1) is 15.9. The highest BCUT2D eigenvalue weighted by Gasteiger charge is 2.20. The summed E-state index contributed by atoms with van der Waals surface area (Å²) in [5, 5.41) is 19.4. The number of benzene rings is 1. The Kier molecular flexibility index (Phi) is 5.64. The fourth-order valence-electron chi connectivity index (χ4n) is 2.53. The van der Waals surface area contributed by atoms with Crippen molar-refractivity contribution in [1.82, 2.24) is 4.98 Å². The molecule has 0 spiro atoms. The van der Waals surface area contributed by atoms with Crippen molar-refractivity contribution in [1.29, 1.82) is 0 Å². The Morgan fingerprint density at radius 3 is 2.14 bits per heavy atom. The van der Waals surface area contributed by atoms with Crippen LogP contribution in [0.25, 0.3) is 10.9 Å². The number of para-hydroxylation sites is 1. The lowest BCUT2D eigenvalue weighted by molar-refractivity contribution is 0.234. The molecule has 2 atom stereocenters. The minimum Gasteiger partial charge on any atom is -0.395 e. The molecule has 1 aromatic carbocycles. The first-order valence-corrected chi connectivity index (χ1v) is 7.22. The van der Waals surface area contributed by atoms with Gasteiger partial charge in [-0.3, -0.25) is 4.98 Å². The van der Waals surface area contributed by atoms with Crippen LogP contribution in [0, 0.1) is 0 Å². The van der Waals surface area contributed by atoms with Gasteiger partial charge in [0, 0.05) is 29.1 Å². The third kappa shape index (κ3) is 4.22. The molecule has 0 radical (unpaired) electrons. The maximum atomic E-state index is 9.17. The van der Waals surface area contributed by atoms with Gasteiger partial charge in [-0.15, -0.1) is 0 Å². The van der Waals surface area contributed by atoms with Gasteiger partial charge in [0.1, 0.15) is 0 Å². The molecule has 114 valence electrons. The van der Waals surface area contributed by atoms with Crippen LogP contribution < -0.4 is 11.5 Å². The second kappa shape index (κ2) is 7.47. The summed E-state index contributed by atoms with van der Waals surface area (Å²) in [6.45, 7) is -0.142. The first-order valence-electron chi connectivity index (χ1n) is 7.22. The number of nitrogens with two attached hydrogens (primary N) is 2. The van der Waals surface area contributed by atoms with Crippen LogP contribution in [0.2, 0.25) is 0 Å². The zero-order valence-corrected chi connectivity index (χ0v) is 12.0. The fourth-order valence-corrected chi connectivity index (χ4v) is 2.53. The fraction of sp³-hybridized carbons (Fsp3) is 0.438. The van der Waals surface area contributed by atoms with Gasteiger partial charge in [0.2, 0.25) is 0 Å². The molecule has 1 aromatic heterocycles. The summed E-state index contributed by atoms with van der Waals surface area (Å²) < 4.78 is 0. The number of fused-ring (bicyclic) bond motifs is 1. The molecule has 0 fully saturated rings. The molecular formula is C16H23N3O2. The zero-order valence-electron chi connectivity index (χ0n) is 12.0. The predicted octanol–water partition coefficient (Wildman–Crippen LogP) is 0.738. The van der Waals surface area contributed by atoms with E-state index in [1.807, 2.05) is 36.4 Å². The van der Waals surface area contributed by atoms with E-state index in [0.29, 0.717) is 12.8 Å². The van der Waals surface area contributed by atoms with Crippen LogP contribution in [-0.2, 0) is 0 Å². The van der Waals surface area contributed by atoms with Gasteiger partial charge < -0.3 is 21.7 Å². The number of hydrogen-bond acceptors (Lipinski definition) is 5. The summed E-state index contributed by atoms with van der Waals surface area (Å²) in [6.07, 6.45) is 1.19. The summed E-state index contributed by atoms with van der Waals surface area (Å²) in [6, 6.07) is 11.3. The van der Waals surface area contributed by atoms with Crippen molar-refractivity contribution in [3.05, 3.63) is 42.1 Å². The Bertz CT molecular complexity index is 564. The first-order chi connectivity index (χ1) is 10.1. The molecule has 0 saturated heterocycles. The highest BCUT2D eigenvalue weighted by Crippen LogP contribution is 2.26. The topological polar surface area (TPSA) is 105 Å². The molecule has 2 unspecified atom stereocenters. The van der Waals surface area contributed by atoms with Crippen LogP contribution in [0.15, 0.2) is 36.4 Å². The van der Waals surface area contributed by atoms with Crippen LogP contribution in [0.3, 0.4) is 0 Å². The van der Waals surface area contributed by atoms with Gasteiger partial charge in [-0.2, -0.15) is 0 Å². The molecule has 0 aliphatic carbocycles. The van der Waals surface area contributed by atoms with Crippen LogP contribution in [0.4, 0.5) is 0 Å². The lowest BCUT2D eigenvalue weighted by atomic mass is 9.90. The summed E-state index contributed by atoms with van der Waals surface area (Å²) in [5.74, 6) is 0.0268. The Balaban J connectivity index is 2.27. The van der Waals surface area contributed by atoms with Crippen molar-refractivity contribution >= 4 is 10.9 Å². The predicted molar refractivity (Wildman–Crippen MR) is 83.8 cm³/mol. The van der Waals surface area contributed by atoms with Crippen molar-refractivity contribution in [2.75, 3.05) is 13.2 Å². The molecule has 0 bridgehead atoms. The third-order valence-electron chi connectivity index (χ3n) is 3.68. The number of hydrogen-bond donors (Lipinski definition) is 4. The number of aliphatic hydroxyl groups excluding tert-OH is 2.